The van der Waals surface area contributed by atoms with Gasteiger partial charge in [0, 0.05) is 11.7 Å². The number of halogens is 2. The first-order valence-corrected chi connectivity index (χ1v) is 8.17. The van der Waals surface area contributed by atoms with Crippen LogP contribution in [0.15, 0.2) is 18.2 Å². The van der Waals surface area contributed by atoms with E-state index >= 15 is 0 Å². The Kier molecular flexibility index (Phi) is 3.84. The van der Waals surface area contributed by atoms with E-state index in [0.717, 1.165) is 6.07 Å². The summed E-state index contributed by atoms with van der Waals surface area (Å²) in [7, 11) is 0. The van der Waals surface area contributed by atoms with E-state index < -0.39 is 35.0 Å². The number of carbonyl (C=O) groups excluding carboxylic acids is 1. The lowest BCUT2D eigenvalue weighted by molar-refractivity contribution is -0.146. The van der Waals surface area contributed by atoms with Crippen LogP contribution in [-0.4, -0.2) is 34.0 Å². The molecule has 1 aliphatic carbocycles. The molecule has 1 aliphatic heterocycles. The molecule has 3 rings (SSSR count). The third-order valence-electron chi connectivity index (χ3n) is 4.30. The van der Waals surface area contributed by atoms with Crippen LogP contribution in [0.2, 0.25) is 0 Å². The molecule has 2 fully saturated rings. The fraction of sp³-hybridized carbons (Fsp3) is 0.467. The highest BCUT2D eigenvalue weighted by Crippen LogP contribution is 2.49. The molecule has 1 heterocycles. The van der Waals surface area contributed by atoms with Gasteiger partial charge < -0.3 is 10.4 Å². The maximum absolute atomic E-state index is 13.7. The van der Waals surface area contributed by atoms with Crippen molar-refractivity contribution < 1.29 is 23.5 Å². The molecule has 118 valence electrons. The van der Waals surface area contributed by atoms with Gasteiger partial charge in [0.2, 0.25) is 5.91 Å². The van der Waals surface area contributed by atoms with Crippen LogP contribution < -0.4 is 5.32 Å². The minimum atomic E-state index is -1.23. The number of thioether (sulfide) groups is 1. The van der Waals surface area contributed by atoms with Crippen molar-refractivity contribution in [3.8, 4) is 0 Å². The van der Waals surface area contributed by atoms with Crippen molar-refractivity contribution >= 4 is 23.6 Å². The van der Waals surface area contributed by atoms with Crippen molar-refractivity contribution in [2.24, 2.45) is 5.92 Å². The van der Waals surface area contributed by atoms with Crippen molar-refractivity contribution in [1.82, 2.24) is 5.32 Å². The van der Waals surface area contributed by atoms with Gasteiger partial charge in [0.1, 0.15) is 5.54 Å². The number of hydrogen-bond acceptors (Lipinski definition) is 3. The van der Waals surface area contributed by atoms with Crippen molar-refractivity contribution in [2.75, 3.05) is 11.5 Å². The average Bonchev–Trinajstić information content (AvgIpc) is 3.13. The van der Waals surface area contributed by atoms with E-state index in [-0.39, 0.29) is 11.5 Å². The zero-order valence-corrected chi connectivity index (χ0v) is 12.5. The monoisotopic (exact) mass is 327 g/mol. The molecule has 0 spiro atoms. The summed E-state index contributed by atoms with van der Waals surface area (Å²) < 4.78 is 27.0. The molecule has 0 bridgehead atoms. The van der Waals surface area contributed by atoms with Crippen LogP contribution in [0.25, 0.3) is 0 Å². The van der Waals surface area contributed by atoms with Gasteiger partial charge >= 0.3 is 5.97 Å². The third kappa shape index (κ3) is 2.58. The smallest absolute Gasteiger partial charge is 0.330 e. The lowest BCUT2D eigenvalue weighted by atomic mass is 9.98. The summed E-state index contributed by atoms with van der Waals surface area (Å²) in [6, 6.07) is 3.91. The van der Waals surface area contributed by atoms with Gasteiger partial charge in [0.25, 0.3) is 0 Å². The molecule has 1 saturated heterocycles. The molecule has 22 heavy (non-hydrogen) atoms. The van der Waals surface area contributed by atoms with Gasteiger partial charge in [-0.2, -0.15) is 11.8 Å². The molecule has 3 atom stereocenters. The van der Waals surface area contributed by atoms with Crippen LogP contribution in [0, 0.1) is 17.6 Å². The van der Waals surface area contributed by atoms with Crippen molar-refractivity contribution in [3.05, 3.63) is 35.4 Å². The first-order valence-electron chi connectivity index (χ1n) is 7.02. The highest BCUT2D eigenvalue weighted by Gasteiger charge is 2.50. The highest BCUT2D eigenvalue weighted by molar-refractivity contribution is 7.99. The highest BCUT2D eigenvalue weighted by atomic mass is 32.2. The predicted molar refractivity (Wildman–Crippen MR) is 77.7 cm³/mol. The first kappa shape index (κ1) is 15.3. The van der Waals surface area contributed by atoms with Gasteiger partial charge in [-0.3, -0.25) is 4.79 Å². The molecule has 1 aromatic rings. The SMILES string of the molecule is O=C(NC1(C(=O)O)CCSC1)C1CC1c1cccc(F)c1F. The number of aliphatic carboxylic acids is 1. The number of carboxylic acids is 1. The summed E-state index contributed by atoms with van der Waals surface area (Å²) in [5.41, 5.74) is -1.04. The first-order chi connectivity index (χ1) is 10.4. The normalized spacial score (nSPS) is 30.1. The fourth-order valence-electron chi connectivity index (χ4n) is 2.85. The summed E-state index contributed by atoms with van der Waals surface area (Å²) in [5, 5.41) is 12.0. The Morgan fingerprint density at radius 2 is 2.14 bits per heavy atom. The second kappa shape index (κ2) is 5.53. The number of rotatable bonds is 4. The molecule has 0 aromatic heterocycles. The number of amides is 1. The number of benzene rings is 1. The van der Waals surface area contributed by atoms with Gasteiger partial charge in [-0.1, -0.05) is 12.1 Å². The summed E-state index contributed by atoms with van der Waals surface area (Å²) >= 11 is 1.48. The lowest BCUT2D eigenvalue weighted by Gasteiger charge is -2.24. The molecular formula is C15H15F2NO3S. The topological polar surface area (TPSA) is 66.4 Å². The van der Waals surface area contributed by atoms with Crippen LogP contribution in [-0.2, 0) is 9.59 Å². The molecule has 2 N–H and O–H groups in total. The van der Waals surface area contributed by atoms with E-state index in [9.17, 15) is 23.5 Å². The lowest BCUT2D eigenvalue weighted by Crippen LogP contribution is -2.55. The maximum atomic E-state index is 13.7. The second-order valence-electron chi connectivity index (χ2n) is 5.77. The van der Waals surface area contributed by atoms with Crippen LogP contribution in [0.1, 0.15) is 24.3 Å². The minimum absolute atomic E-state index is 0.185. The summed E-state index contributed by atoms with van der Waals surface area (Å²) in [6.07, 6.45) is 0.791. The largest absolute Gasteiger partial charge is 0.479 e. The van der Waals surface area contributed by atoms with Crippen molar-refractivity contribution in [2.45, 2.75) is 24.3 Å². The molecule has 1 aromatic carbocycles. The van der Waals surface area contributed by atoms with E-state index in [2.05, 4.69) is 5.32 Å². The van der Waals surface area contributed by atoms with Crippen LogP contribution in [0.4, 0.5) is 8.78 Å². The van der Waals surface area contributed by atoms with Crippen LogP contribution >= 0.6 is 11.8 Å². The van der Waals surface area contributed by atoms with Gasteiger partial charge in [-0.05, 0) is 36.1 Å². The number of nitrogens with one attached hydrogen (secondary N) is 1. The van der Waals surface area contributed by atoms with Crippen molar-refractivity contribution in [1.29, 1.82) is 0 Å². The zero-order valence-electron chi connectivity index (χ0n) is 11.6. The Labute approximate surface area is 130 Å². The Hall–Kier alpha value is -1.63. The van der Waals surface area contributed by atoms with E-state index in [1.165, 1.54) is 23.9 Å². The summed E-state index contributed by atoms with van der Waals surface area (Å²) in [5.74, 6) is -3.14. The summed E-state index contributed by atoms with van der Waals surface area (Å²) in [4.78, 5) is 23.7. The van der Waals surface area contributed by atoms with E-state index in [1.54, 1.807) is 0 Å². The average molecular weight is 327 g/mol. The van der Waals surface area contributed by atoms with Gasteiger partial charge in [-0.15, -0.1) is 0 Å². The van der Waals surface area contributed by atoms with Gasteiger partial charge in [0.15, 0.2) is 11.6 Å². The molecular weight excluding hydrogens is 312 g/mol. The third-order valence-corrected chi connectivity index (χ3v) is 5.49. The van der Waals surface area contributed by atoms with E-state index in [0.29, 0.717) is 24.3 Å². The fourth-order valence-corrected chi connectivity index (χ4v) is 4.18. The molecule has 1 amide bonds. The van der Waals surface area contributed by atoms with Crippen molar-refractivity contribution in [3.63, 3.8) is 0 Å². The molecule has 2 aliphatic rings. The Balaban J connectivity index is 1.70. The molecule has 1 saturated carbocycles. The Bertz CT molecular complexity index is 631. The van der Waals surface area contributed by atoms with E-state index in [4.69, 9.17) is 0 Å². The minimum Gasteiger partial charge on any atom is -0.479 e. The number of carbonyl (C=O) groups is 2. The van der Waals surface area contributed by atoms with Gasteiger partial charge in [0.05, 0.1) is 0 Å². The quantitative estimate of drug-likeness (QED) is 0.889. The van der Waals surface area contributed by atoms with Gasteiger partial charge in [-0.25, -0.2) is 13.6 Å². The van der Waals surface area contributed by atoms with Crippen LogP contribution in [0.3, 0.4) is 0 Å². The Morgan fingerprint density at radius 1 is 1.36 bits per heavy atom. The maximum Gasteiger partial charge on any atom is 0.330 e. The number of hydrogen-bond donors (Lipinski definition) is 2. The molecule has 7 heteroatoms. The predicted octanol–water partition coefficient (Wildman–Crippen LogP) is 2.14. The standard InChI is InChI=1S/C15H15F2NO3S/c16-11-3-1-2-8(12(11)17)9-6-10(9)13(19)18-15(14(20)21)4-5-22-7-15/h1-3,9-10H,4-7H2,(H,18,19)(H,20,21). The van der Waals surface area contributed by atoms with Crippen LogP contribution in [0.5, 0.6) is 0 Å². The molecule has 3 unspecified atom stereocenters. The second-order valence-corrected chi connectivity index (χ2v) is 6.88. The summed E-state index contributed by atoms with van der Waals surface area (Å²) in [6.45, 7) is 0. The zero-order chi connectivity index (χ0) is 15.9. The molecule has 4 nitrogen and oxygen atoms in total. The number of carboxylic acid groups (broad SMARTS) is 1. The van der Waals surface area contributed by atoms with E-state index in [1.807, 2.05) is 0 Å². The Morgan fingerprint density at radius 3 is 2.77 bits per heavy atom. The molecule has 0 radical (unpaired) electrons.